The summed E-state index contributed by atoms with van der Waals surface area (Å²) in [6.07, 6.45) is 5.92. The number of hydrogen-bond donors (Lipinski definition) is 1. The lowest BCUT2D eigenvalue weighted by atomic mass is 9.81. The van der Waals surface area contributed by atoms with Crippen molar-refractivity contribution in [3.05, 3.63) is 41.8 Å². The molecular weight excluding hydrogens is 380 g/mol. The summed E-state index contributed by atoms with van der Waals surface area (Å²) in [7, 11) is 2.13. The molecule has 1 aliphatic carbocycles. The zero-order chi connectivity index (χ0) is 18.8. The highest BCUT2D eigenvalue weighted by molar-refractivity contribution is 7.99. The smallest absolute Gasteiger partial charge is 0.142 e. The van der Waals surface area contributed by atoms with Crippen LogP contribution in [0.25, 0.3) is 11.0 Å². The van der Waals surface area contributed by atoms with Crippen molar-refractivity contribution in [1.82, 2.24) is 15.0 Å². The predicted octanol–water partition coefficient (Wildman–Crippen LogP) is 5.02. The van der Waals surface area contributed by atoms with E-state index in [2.05, 4.69) is 33.0 Å². The van der Waals surface area contributed by atoms with Crippen LogP contribution in [0.15, 0.2) is 41.7 Å². The minimum Gasteiger partial charge on any atom is -0.492 e. The Balaban J connectivity index is 1.31. The summed E-state index contributed by atoms with van der Waals surface area (Å²) < 4.78 is 5.50. The Morgan fingerprint density at radius 3 is 2.93 bits per heavy atom. The van der Waals surface area contributed by atoms with Crippen molar-refractivity contribution in [1.29, 1.82) is 0 Å². The first-order valence-corrected chi connectivity index (χ1v) is 10.6. The molecule has 0 aliphatic heterocycles. The molecule has 7 heteroatoms. The van der Waals surface area contributed by atoms with Gasteiger partial charge in [-0.3, -0.25) is 0 Å². The van der Waals surface area contributed by atoms with Gasteiger partial charge in [0.15, 0.2) is 0 Å². The van der Waals surface area contributed by atoms with Crippen molar-refractivity contribution < 1.29 is 4.74 Å². The van der Waals surface area contributed by atoms with E-state index in [0.29, 0.717) is 17.7 Å². The summed E-state index contributed by atoms with van der Waals surface area (Å²) in [5, 5.41) is 1.77. The van der Waals surface area contributed by atoms with Crippen LogP contribution in [0.5, 0.6) is 5.75 Å². The van der Waals surface area contributed by atoms with Crippen LogP contribution in [0, 0.1) is 5.92 Å². The molecule has 1 aromatic carbocycles. The lowest BCUT2D eigenvalue weighted by molar-refractivity contribution is 0.286. The predicted molar refractivity (Wildman–Crippen MR) is 112 cm³/mol. The molecule has 5 nitrogen and oxygen atoms in total. The first-order valence-electron chi connectivity index (χ1n) is 9.21. The van der Waals surface area contributed by atoms with Crippen LogP contribution in [0.3, 0.4) is 0 Å². The van der Waals surface area contributed by atoms with E-state index in [1.165, 1.54) is 17.7 Å². The summed E-state index contributed by atoms with van der Waals surface area (Å²) in [5.41, 5.74) is 0.894. The lowest BCUT2D eigenvalue weighted by Gasteiger charge is -2.41. The summed E-state index contributed by atoms with van der Waals surface area (Å²) in [5.74, 6) is 3.60. The van der Waals surface area contributed by atoms with Crippen molar-refractivity contribution in [2.45, 2.75) is 30.7 Å². The van der Waals surface area contributed by atoms with Gasteiger partial charge in [-0.2, -0.15) is 0 Å². The molecule has 1 N–H and O–H groups in total. The number of hydrogen-bond acceptors (Lipinski definition) is 5. The number of thioether (sulfide) groups is 1. The molecule has 0 unspecified atom stereocenters. The Morgan fingerprint density at radius 1 is 1.30 bits per heavy atom. The summed E-state index contributed by atoms with van der Waals surface area (Å²) >= 11 is 8.15. The molecule has 0 radical (unpaired) electrons. The molecule has 3 aromatic rings. The molecule has 1 fully saturated rings. The van der Waals surface area contributed by atoms with E-state index in [1.54, 1.807) is 6.33 Å². The number of nitrogens with one attached hydrogen (secondary N) is 1. The molecule has 4 rings (SSSR count). The van der Waals surface area contributed by atoms with Gasteiger partial charge in [-0.1, -0.05) is 11.6 Å². The Labute approximate surface area is 168 Å². The van der Waals surface area contributed by atoms with E-state index in [1.807, 2.05) is 43.1 Å². The number of H-pyrrole nitrogens is 1. The van der Waals surface area contributed by atoms with Gasteiger partial charge in [0, 0.05) is 29.9 Å². The minimum atomic E-state index is 0.535. The second-order valence-electron chi connectivity index (χ2n) is 6.88. The minimum absolute atomic E-state index is 0.535. The zero-order valence-corrected chi connectivity index (χ0v) is 17.1. The molecule has 1 saturated carbocycles. The number of fused-ring (bicyclic) bond motifs is 1. The molecular formula is C20H23ClN4OS. The Kier molecular flexibility index (Phi) is 5.45. The highest BCUT2D eigenvalue weighted by Crippen LogP contribution is 2.39. The van der Waals surface area contributed by atoms with Gasteiger partial charge in [-0.05, 0) is 49.9 Å². The first kappa shape index (κ1) is 18.4. The highest BCUT2D eigenvalue weighted by atomic mass is 35.5. The number of ether oxygens (including phenoxy) is 1. The molecule has 0 bridgehead atoms. The SMILES string of the molecule is CCOc1ccc(SC[C@H]2C[C@@H](N(C)c3ncnc4[nH]ccc34)C2)cc1Cl. The van der Waals surface area contributed by atoms with Gasteiger partial charge in [-0.15, -0.1) is 11.8 Å². The number of halogens is 1. The normalized spacial score (nSPS) is 19.1. The number of anilines is 1. The van der Waals surface area contributed by atoms with Gasteiger partial charge in [-0.25, -0.2) is 9.97 Å². The van der Waals surface area contributed by atoms with Crippen molar-refractivity contribution >= 4 is 40.2 Å². The van der Waals surface area contributed by atoms with E-state index < -0.39 is 0 Å². The second kappa shape index (κ2) is 7.98. The van der Waals surface area contributed by atoms with Gasteiger partial charge in [0.2, 0.25) is 0 Å². The molecule has 142 valence electrons. The fourth-order valence-electron chi connectivity index (χ4n) is 3.52. The maximum atomic E-state index is 6.28. The van der Waals surface area contributed by atoms with Crippen LogP contribution in [0.1, 0.15) is 19.8 Å². The van der Waals surface area contributed by atoms with Crippen LogP contribution in [0.4, 0.5) is 5.82 Å². The molecule has 0 spiro atoms. The number of rotatable bonds is 7. The summed E-state index contributed by atoms with van der Waals surface area (Å²) in [6.45, 7) is 2.59. The van der Waals surface area contributed by atoms with Crippen LogP contribution in [-0.2, 0) is 0 Å². The van der Waals surface area contributed by atoms with Crippen LogP contribution < -0.4 is 9.64 Å². The summed E-state index contributed by atoms with van der Waals surface area (Å²) in [4.78, 5) is 15.4. The summed E-state index contributed by atoms with van der Waals surface area (Å²) in [6, 6.07) is 8.63. The second-order valence-corrected chi connectivity index (χ2v) is 8.38. The van der Waals surface area contributed by atoms with Crippen molar-refractivity contribution in [2.75, 3.05) is 24.3 Å². The third kappa shape index (κ3) is 3.87. The standard InChI is InChI=1S/C20H23ClN4OS/c1-3-26-18-5-4-15(10-17(18)21)27-11-13-8-14(9-13)25(2)20-16-6-7-22-19(16)23-12-24-20/h4-7,10,12-14H,3,8-9,11H2,1-2H3,(H,22,23,24)/t13-,14+. The fraction of sp³-hybridized carbons (Fsp3) is 0.400. The van der Waals surface area contributed by atoms with Gasteiger partial charge in [0.1, 0.15) is 23.5 Å². The largest absolute Gasteiger partial charge is 0.492 e. The number of aromatic amines is 1. The number of benzene rings is 1. The van der Waals surface area contributed by atoms with Gasteiger partial charge in [0.05, 0.1) is 17.0 Å². The number of nitrogens with zero attached hydrogens (tertiary/aromatic N) is 3. The molecule has 27 heavy (non-hydrogen) atoms. The van der Waals surface area contributed by atoms with Gasteiger partial charge < -0.3 is 14.6 Å². The monoisotopic (exact) mass is 402 g/mol. The Bertz CT molecular complexity index is 925. The average Bonchev–Trinajstić information content (AvgIpc) is 3.11. The Morgan fingerprint density at radius 2 is 2.15 bits per heavy atom. The van der Waals surface area contributed by atoms with Crippen molar-refractivity contribution in [2.24, 2.45) is 5.92 Å². The van der Waals surface area contributed by atoms with E-state index in [9.17, 15) is 0 Å². The maximum absolute atomic E-state index is 6.28. The van der Waals surface area contributed by atoms with Gasteiger partial charge >= 0.3 is 0 Å². The third-order valence-corrected chi connectivity index (χ3v) is 6.64. The van der Waals surface area contributed by atoms with E-state index in [-0.39, 0.29) is 0 Å². The zero-order valence-electron chi connectivity index (χ0n) is 15.5. The van der Waals surface area contributed by atoms with Crippen molar-refractivity contribution in [3.8, 4) is 5.75 Å². The Hall–Kier alpha value is -1.92. The first-order chi connectivity index (χ1) is 13.2. The molecule has 0 amide bonds. The molecule has 2 aromatic heterocycles. The molecule has 0 saturated heterocycles. The fourth-order valence-corrected chi connectivity index (χ4v) is 4.89. The molecule has 1 aliphatic rings. The van der Waals surface area contributed by atoms with Crippen LogP contribution >= 0.6 is 23.4 Å². The van der Waals surface area contributed by atoms with E-state index in [0.717, 1.165) is 34.3 Å². The molecule has 0 atom stereocenters. The van der Waals surface area contributed by atoms with E-state index >= 15 is 0 Å². The topological polar surface area (TPSA) is 54.0 Å². The van der Waals surface area contributed by atoms with Crippen LogP contribution in [-0.4, -0.2) is 40.4 Å². The van der Waals surface area contributed by atoms with Gasteiger partial charge in [0.25, 0.3) is 0 Å². The number of aromatic nitrogens is 3. The lowest BCUT2D eigenvalue weighted by Crippen LogP contribution is -2.43. The van der Waals surface area contributed by atoms with E-state index in [4.69, 9.17) is 16.3 Å². The average molecular weight is 403 g/mol. The van der Waals surface area contributed by atoms with Crippen molar-refractivity contribution in [3.63, 3.8) is 0 Å². The third-order valence-electron chi connectivity index (χ3n) is 5.11. The highest BCUT2D eigenvalue weighted by Gasteiger charge is 2.33. The van der Waals surface area contributed by atoms with Crippen LogP contribution in [0.2, 0.25) is 5.02 Å². The molecule has 2 heterocycles. The maximum Gasteiger partial charge on any atom is 0.142 e. The quantitative estimate of drug-likeness (QED) is 0.562.